The van der Waals surface area contributed by atoms with Gasteiger partial charge in [-0.15, -0.1) is 0 Å². The summed E-state index contributed by atoms with van der Waals surface area (Å²) < 4.78 is 0. The molecule has 2 aromatic rings. The summed E-state index contributed by atoms with van der Waals surface area (Å²) in [4.78, 5) is 39.5. The smallest absolute Gasteiger partial charge is 0.269 e. The molecule has 1 saturated heterocycles. The van der Waals surface area contributed by atoms with Gasteiger partial charge in [-0.2, -0.15) is 0 Å². The molecule has 1 heterocycles. The van der Waals surface area contributed by atoms with E-state index in [1.165, 1.54) is 24.3 Å². The van der Waals surface area contributed by atoms with E-state index in [9.17, 15) is 19.7 Å². The number of carbonyl (C=O) groups excluding carboxylic acids is 2. The van der Waals surface area contributed by atoms with E-state index in [-0.39, 0.29) is 11.6 Å². The first-order chi connectivity index (χ1) is 13.9. The zero-order valence-electron chi connectivity index (χ0n) is 16.6. The van der Waals surface area contributed by atoms with Gasteiger partial charge in [0.15, 0.2) is 0 Å². The fourth-order valence-electron chi connectivity index (χ4n) is 3.38. The number of carbonyl (C=O) groups is 2. The van der Waals surface area contributed by atoms with Crippen LogP contribution >= 0.6 is 0 Å². The van der Waals surface area contributed by atoms with Crippen molar-refractivity contribution >= 4 is 28.9 Å². The van der Waals surface area contributed by atoms with E-state index in [0.717, 1.165) is 38.0 Å². The van der Waals surface area contributed by atoms with Crippen LogP contribution in [0.15, 0.2) is 42.5 Å². The molecule has 1 aliphatic heterocycles. The Balaban J connectivity index is 1.83. The number of nitro benzene ring substituents is 1. The van der Waals surface area contributed by atoms with E-state index in [0.29, 0.717) is 16.8 Å². The number of benzene rings is 2. The average Bonchev–Trinajstić information content (AvgIpc) is 2.73. The van der Waals surface area contributed by atoms with E-state index in [1.807, 2.05) is 30.0 Å². The molecule has 0 atom stereocenters. The summed E-state index contributed by atoms with van der Waals surface area (Å²) in [5.74, 6) is -0.436. The molecule has 0 unspecified atom stereocenters. The number of piperidine rings is 1. The number of hydrogen-bond donors (Lipinski definition) is 1. The lowest BCUT2D eigenvalue weighted by atomic mass is 10.1. The predicted octanol–water partition coefficient (Wildman–Crippen LogP) is 3.54. The van der Waals surface area contributed by atoms with Gasteiger partial charge in [0.2, 0.25) is 0 Å². The number of likely N-dealkylation sites (tertiary alicyclic amines) is 1. The summed E-state index contributed by atoms with van der Waals surface area (Å²) in [5, 5.41) is 13.5. The van der Waals surface area contributed by atoms with Crippen LogP contribution < -0.4 is 10.2 Å². The summed E-state index contributed by atoms with van der Waals surface area (Å²) >= 11 is 0. The first-order valence-electron chi connectivity index (χ1n) is 9.53. The molecule has 8 heteroatoms. The third-order valence-electron chi connectivity index (χ3n) is 4.95. The second-order valence-corrected chi connectivity index (χ2v) is 7.24. The van der Waals surface area contributed by atoms with Gasteiger partial charge in [-0.3, -0.25) is 19.7 Å². The largest absolute Gasteiger partial charge is 0.377 e. The summed E-state index contributed by atoms with van der Waals surface area (Å²) in [6.45, 7) is 1.48. The maximum Gasteiger partial charge on any atom is 0.269 e. The summed E-state index contributed by atoms with van der Waals surface area (Å²) in [7, 11) is 3.74. The minimum atomic E-state index is -0.514. The van der Waals surface area contributed by atoms with E-state index in [2.05, 4.69) is 5.32 Å². The molecule has 0 spiro atoms. The Kier molecular flexibility index (Phi) is 6.11. The van der Waals surface area contributed by atoms with Crippen LogP contribution in [0.3, 0.4) is 0 Å². The van der Waals surface area contributed by atoms with Gasteiger partial charge in [-0.25, -0.2) is 0 Å². The zero-order valence-corrected chi connectivity index (χ0v) is 16.6. The van der Waals surface area contributed by atoms with Gasteiger partial charge >= 0.3 is 0 Å². The fraction of sp³-hybridized carbons (Fsp3) is 0.333. The molecule has 152 valence electrons. The molecule has 1 aliphatic rings. The highest BCUT2D eigenvalue weighted by molar-refractivity contribution is 6.06. The number of nitrogens with one attached hydrogen (secondary N) is 1. The van der Waals surface area contributed by atoms with Gasteiger partial charge in [0.1, 0.15) is 0 Å². The van der Waals surface area contributed by atoms with Crippen LogP contribution in [0.2, 0.25) is 0 Å². The van der Waals surface area contributed by atoms with Crippen LogP contribution in [0.5, 0.6) is 0 Å². The third-order valence-corrected chi connectivity index (χ3v) is 4.95. The normalized spacial score (nSPS) is 13.7. The molecule has 0 saturated carbocycles. The van der Waals surface area contributed by atoms with Crippen molar-refractivity contribution in [2.45, 2.75) is 19.3 Å². The molecular formula is C21H24N4O4. The van der Waals surface area contributed by atoms with Crippen molar-refractivity contribution in [1.82, 2.24) is 4.90 Å². The summed E-state index contributed by atoms with van der Waals surface area (Å²) in [5.41, 5.74) is 2.05. The van der Waals surface area contributed by atoms with Gasteiger partial charge in [-0.05, 0) is 49.6 Å². The van der Waals surface area contributed by atoms with Crippen molar-refractivity contribution in [3.8, 4) is 0 Å². The molecule has 29 heavy (non-hydrogen) atoms. The molecule has 2 aromatic carbocycles. The first-order valence-corrected chi connectivity index (χ1v) is 9.53. The lowest BCUT2D eigenvalue weighted by Crippen LogP contribution is -2.36. The number of nitro groups is 1. The zero-order chi connectivity index (χ0) is 21.0. The Labute approximate surface area is 169 Å². The highest BCUT2D eigenvalue weighted by atomic mass is 16.6. The van der Waals surface area contributed by atoms with Crippen molar-refractivity contribution in [3.63, 3.8) is 0 Å². The number of non-ortho nitro benzene ring substituents is 1. The minimum absolute atomic E-state index is 0.0418. The van der Waals surface area contributed by atoms with Crippen LogP contribution in [-0.2, 0) is 0 Å². The van der Waals surface area contributed by atoms with E-state index in [4.69, 9.17) is 0 Å². The molecule has 3 rings (SSSR count). The summed E-state index contributed by atoms with van der Waals surface area (Å²) in [6, 6.07) is 10.6. The van der Waals surface area contributed by atoms with E-state index < -0.39 is 10.8 Å². The van der Waals surface area contributed by atoms with Crippen LogP contribution in [0.1, 0.15) is 40.0 Å². The topological polar surface area (TPSA) is 95.8 Å². The van der Waals surface area contributed by atoms with Crippen LogP contribution in [0.25, 0.3) is 0 Å². The Morgan fingerprint density at radius 1 is 1.03 bits per heavy atom. The van der Waals surface area contributed by atoms with Crippen molar-refractivity contribution in [2.75, 3.05) is 37.4 Å². The van der Waals surface area contributed by atoms with E-state index >= 15 is 0 Å². The van der Waals surface area contributed by atoms with Gasteiger partial charge in [0, 0.05) is 56.3 Å². The monoisotopic (exact) mass is 396 g/mol. The van der Waals surface area contributed by atoms with Crippen molar-refractivity contribution in [1.29, 1.82) is 0 Å². The molecule has 0 radical (unpaired) electrons. The fourth-order valence-corrected chi connectivity index (χ4v) is 3.38. The second-order valence-electron chi connectivity index (χ2n) is 7.24. The van der Waals surface area contributed by atoms with Crippen LogP contribution in [0.4, 0.5) is 17.1 Å². The van der Waals surface area contributed by atoms with Crippen molar-refractivity contribution < 1.29 is 14.5 Å². The molecule has 1 N–H and O–H groups in total. The number of rotatable bonds is 5. The quantitative estimate of drug-likeness (QED) is 0.616. The molecule has 2 amide bonds. The summed E-state index contributed by atoms with van der Waals surface area (Å²) in [6.07, 6.45) is 3.13. The lowest BCUT2D eigenvalue weighted by molar-refractivity contribution is -0.384. The third kappa shape index (κ3) is 4.71. The van der Waals surface area contributed by atoms with Gasteiger partial charge in [0.25, 0.3) is 17.5 Å². The highest BCUT2D eigenvalue weighted by Crippen LogP contribution is 2.26. The van der Waals surface area contributed by atoms with Crippen LogP contribution in [0, 0.1) is 10.1 Å². The molecule has 1 fully saturated rings. The molecule has 0 aliphatic carbocycles. The minimum Gasteiger partial charge on any atom is -0.377 e. The van der Waals surface area contributed by atoms with Gasteiger partial charge in [-0.1, -0.05) is 0 Å². The number of nitrogens with zero attached hydrogens (tertiary/aromatic N) is 3. The maximum atomic E-state index is 13.1. The molecule has 8 nitrogen and oxygen atoms in total. The maximum absolute atomic E-state index is 13.1. The van der Waals surface area contributed by atoms with Crippen molar-refractivity contribution in [3.05, 3.63) is 63.7 Å². The number of amides is 2. The van der Waals surface area contributed by atoms with Crippen LogP contribution in [-0.4, -0.2) is 48.8 Å². The Bertz CT molecular complexity index is 919. The molecule has 0 bridgehead atoms. The number of hydrogen-bond acceptors (Lipinski definition) is 5. The SMILES string of the molecule is CN(C)c1ccc(NC(=O)c2ccc([N+](=O)[O-])cc2)cc1C(=O)N1CCCCC1. The highest BCUT2D eigenvalue weighted by Gasteiger charge is 2.22. The average molecular weight is 396 g/mol. The first kappa shape index (κ1) is 20.3. The Morgan fingerprint density at radius 3 is 2.28 bits per heavy atom. The second kappa shape index (κ2) is 8.72. The lowest BCUT2D eigenvalue weighted by Gasteiger charge is -2.28. The molecular weight excluding hydrogens is 372 g/mol. The van der Waals surface area contributed by atoms with Gasteiger partial charge in [0.05, 0.1) is 10.5 Å². The Morgan fingerprint density at radius 2 is 1.69 bits per heavy atom. The number of anilines is 2. The Hall–Kier alpha value is -3.42. The van der Waals surface area contributed by atoms with Crippen molar-refractivity contribution in [2.24, 2.45) is 0 Å². The molecule has 0 aromatic heterocycles. The predicted molar refractivity (Wildman–Crippen MR) is 112 cm³/mol. The van der Waals surface area contributed by atoms with E-state index in [1.54, 1.807) is 12.1 Å². The van der Waals surface area contributed by atoms with Gasteiger partial charge < -0.3 is 15.1 Å². The standard InChI is InChI=1S/C21H24N4O4/c1-23(2)19-11-8-16(14-18(19)21(27)24-12-4-3-5-13-24)22-20(26)15-6-9-17(10-7-15)25(28)29/h6-11,14H,3-5,12-13H2,1-2H3,(H,22,26).